The second-order valence-corrected chi connectivity index (χ2v) is 5.65. The molecule has 5 heteroatoms. The molecular weight excluding hydrogens is 230 g/mol. The van der Waals surface area contributed by atoms with E-state index in [9.17, 15) is 5.11 Å². The smallest absolute Gasteiger partial charge is 0.0946 e. The fourth-order valence-corrected chi connectivity index (χ4v) is 1.52. The molecule has 0 bridgehead atoms. The Morgan fingerprint density at radius 3 is 2.72 bits per heavy atom. The van der Waals surface area contributed by atoms with Crippen LogP contribution < -0.4 is 5.32 Å². The summed E-state index contributed by atoms with van der Waals surface area (Å²) in [6, 6.07) is 0.281. The Hall–Kier alpha value is -0.910. The Morgan fingerprint density at radius 2 is 2.17 bits per heavy atom. The van der Waals surface area contributed by atoms with Crippen LogP contribution in [0.15, 0.2) is 18.7 Å². The van der Waals surface area contributed by atoms with Gasteiger partial charge in [-0.1, -0.05) is 0 Å². The number of rotatable bonds is 7. The van der Waals surface area contributed by atoms with E-state index in [1.807, 2.05) is 31.5 Å². The molecule has 0 saturated heterocycles. The van der Waals surface area contributed by atoms with Crippen molar-refractivity contribution in [3.05, 3.63) is 18.7 Å². The van der Waals surface area contributed by atoms with Crippen molar-refractivity contribution >= 4 is 0 Å². The zero-order valence-electron chi connectivity index (χ0n) is 11.8. The SMILES string of the molecule is CC(Cn1ccnc1)NCC(O)COC(C)(C)C. The molecule has 0 spiro atoms. The Labute approximate surface area is 109 Å². The van der Waals surface area contributed by atoms with Gasteiger partial charge in [0.05, 0.1) is 24.6 Å². The van der Waals surface area contributed by atoms with Crippen LogP contribution in [-0.2, 0) is 11.3 Å². The van der Waals surface area contributed by atoms with Gasteiger partial charge in [0.2, 0.25) is 0 Å². The van der Waals surface area contributed by atoms with E-state index < -0.39 is 6.10 Å². The van der Waals surface area contributed by atoms with Crippen molar-refractivity contribution in [2.75, 3.05) is 13.2 Å². The Bertz CT molecular complexity index is 319. The molecule has 0 aliphatic rings. The zero-order valence-corrected chi connectivity index (χ0v) is 11.8. The molecule has 1 heterocycles. The predicted molar refractivity (Wildman–Crippen MR) is 71.4 cm³/mol. The minimum Gasteiger partial charge on any atom is -0.389 e. The van der Waals surface area contributed by atoms with Crippen LogP contribution in [0, 0.1) is 0 Å². The van der Waals surface area contributed by atoms with Gasteiger partial charge >= 0.3 is 0 Å². The third-order valence-corrected chi connectivity index (χ3v) is 2.45. The van der Waals surface area contributed by atoms with Gasteiger partial charge in [0.25, 0.3) is 0 Å². The van der Waals surface area contributed by atoms with Crippen LogP contribution in [-0.4, -0.2) is 45.6 Å². The van der Waals surface area contributed by atoms with Gasteiger partial charge in [-0.25, -0.2) is 4.98 Å². The van der Waals surface area contributed by atoms with Gasteiger partial charge in [-0.15, -0.1) is 0 Å². The number of hydrogen-bond acceptors (Lipinski definition) is 4. The van der Waals surface area contributed by atoms with Crippen molar-refractivity contribution in [3.63, 3.8) is 0 Å². The normalized spacial score (nSPS) is 15.6. The molecule has 2 N–H and O–H groups in total. The summed E-state index contributed by atoms with van der Waals surface area (Å²) in [5.41, 5.74) is -0.205. The van der Waals surface area contributed by atoms with Crippen LogP contribution in [0.5, 0.6) is 0 Å². The Morgan fingerprint density at radius 1 is 1.44 bits per heavy atom. The monoisotopic (exact) mass is 255 g/mol. The molecule has 18 heavy (non-hydrogen) atoms. The van der Waals surface area contributed by atoms with Crippen molar-refractivity contribution in [3.8, 4) is 0 Å². The summed E-state index contributed by atoms with van der Waals surface area (Å²) in [7, 11) is 0. The number of aliphatic hydroxyl groups is 1. The number of aromatic nitrogens is 2. The first kappa shape index (κ1) is 15.1. The molecule has 1 rings (SSSR count). The van der Waals surface area contributed by atoms with Gasteiger partial charge in [0.15, 0.2) is 0 Å². The average Bonchev–Trinajstić information content (AvgIpc) is 2.75. The summed E-state index contributed by atoms with van der Waals surface area (Å²) in [4.78, 5) is 3.99. The minimum atomic E-state index is -0.477. The summed E-state index contributed by atoms with van der Waals surface area (Å²) >= 11 is 0. The van der Waals surface area contributed by atoms with Crippen LogP contribution in [0.25, 0.3) is 0 Å². The predicted octanol–water partition coefficient (Wildman–Crippen LogP) is 1.04. The largest absolute Gasteiger partial charge is 0.389 e. The number of hydrogen-bond donors (Lipinski definition) is 2. The van der Waals surface area contributed by atoms with E-state index in [-0.39, 0.29) is 11.6 Å². The highest BCUT2D eigenvalue weighted by Gasteiger charge is 2.14. The fourth-order valence-electron chi connectivity index (χ4n) is 1.52. The standard InChI is InChI=1S/C13H25N3O2/c1-11(8-16-6-5-14-10-16)15-7-12(17)9-18-13(2,3)4/h5-6,10-12,15,17H,7-9H2,1-4H3. The highest BCUT2D eigenvalue weighted by Crippen LogP contribution is 2.06. The van der Waals surface area contributed by atoms with E-state index in [1.54, 1.807) is 12.5 Å². The number of imidazole rings is 1. The van der Waals surface area contributed by atoms with E-state index in [1.165, 1.54) is 0 Å². The molecule has 1 aromatic heterocycles. The van der Waals surface area contributed by atoms with Crippen molar-refractivity contribution in [1.82, 2.24) is 14.9 Å². The van der Waals surface area contributed by atoms with Crippen molar-refractivity contribution in [1.29, 1.82) is 0 Å². The van der Waals surface area contributed by atoms with E-state index in [0.717, 1.165) is 6.54 Å². The van der Waals surface area contributed by atoms with Gasteiger partial charge in [-0.2, -0.15) is 0 Å². The lowest BCUT2D eigenvalue weighted by Gasteiger charge is -2.23. The summed E-state index contributed by atoms with van der Waals surface area (Å²) in [5, 5.41) is 13.1. The molecule has 2 atom stereocenters. The molecule has 2 unspecified atom stereocenters. The molecule has 0 aromatic carbocycles. The fraction of sp³-hybridized carbons (Fsp3) is 0.769. The van der Waals surface area contributed by atoms with Crippen LogP contribution in [0.4, 0.5) is 0 Å². The maximum absolute atomic E-state index is 9.78. The summed E-state index contributed by atoms with van der Waals surface area (Å²) < 4.78 is 7.53. The average molecular weight is 255 g/mol. The molecule has 0 amide bonds. The molecule has 0 aliphatic carbocycles. The maximum atomic E-state index is 9.78. The Kier molecular flexibility index (Phi) is 5.78. The van der Waals surface area contributed by atoms with E-state index in [0.29, 0.717) is 13.2 Å². The van der Waals surface area contributed by atoms with Gasteiger partial charge in [0, 0.05) is 31.5 Å². The molecule has 0 aliphatic heterocycles. The van der Waals surface area contributed by atoms with Gasteiger partial charge < -0.3 is 19.7 Å². The Balaban J connectivity index is 2.15. The van der Waals surface area contributed by atoms with Gasteiger partial charge in [-0.3, -0.25) is 0 Å². The lowest BCUT2D eigenvalue weighted by Crippen LogP contribution is -2.39. The van der Waals surface area contributed by atoms with Crippen LogP contribution in [0.2, 0.25) is 0 Å². The number of ether oxygens (including phenoxy) is 1. The van der Waals surface area contributed by atoms with E-state index in [2.05, 4.69) is 17.2 Å². The van der Waals surface area contributed by atoms with Crippen molar-refractivity contribution < 1.29 is 9.84 Å². The lowest BCUT2D eigenvalue weighted by atomic mass is 10.2. The third kappa shape index (κ3) is 6.74. The molecule has 104 valence electrons. The topological polar surface area (TPSA) is 59.3 Å². The first-order valence-electron chi connectivity index (χ1n) is 6.38. The first-order valence-corrected chi connectivity index (χ1v) is 6.38. The lowest BCUT2D eigenvalue weighted by molar-refractivity contribution is -0.0483. The summed E-state index contributed by atoms with van der Waals surface area (Å²) in [5.74, 6) is 0. The highest BCUT2D eigenvalue weighted by atomic mass is 16.5. The maximum Gasteiger partial charge on any atom is 0.0946 e. The van der Waals surface area contributed by atoms with Crippen molar-refractivity contribution in [2.45, 2.75) is 52.0 Å². The van der Waals surface area contributed by atoms with E-state index >= 15 is 0 Å². The van der Waals surface area contributed by atoms with Crippen molar-refractivity contribution in [2.24, 2.45) is 0 Å². The summed E-state index contributed by atoms with van der Waals surface area (Å²) in [6.07, 6.45) is 5.00. The first-order chi connectivity index (χ1) is 8.37. The quantitative estimate of drug-likeness (QED) is 0.764. The van der Waals surface area contributed by atoms with Gasteiger partial charge in [-0.05, 0) is 27.7 Å². The van der Waals surface area contributed by atoms with Crippen LogP contribution in [0.1, 0.15) is 27.7 Å². The van der Waals surface area contributed by atoms with Crippen LogP contribution in [0.3, 0.4) is 0 Å². The molecule has 0 fully saturated rings. The molecule has 0 saturated carbocycles. The molecule has 1 aromatic rings. The minimum absolute atomic E-state index is 0.205. The molecular formula is C13H25N3O2. The second kappa shape index (κ2) is 6.87. The summed E-state index contributed by atoms with van der Waals surface area (Å²) in [6.45, 7) is 9.75. The zero-order chi connectivity index (χ0) is 13.6. The van der Waals surface area contributed by atoms with E-state index in [4.69, 9.17) is 4.74 Å². The number of nitrogens with one attached hydrogen (secondary N) is 1. The highest BCUT2D eigenvalue weighted by molar-refractivity contribution is 4.77. The third-order valence-electron chi connectivity index (χ3n) is 2.45. The van der Waals surface area contributed by atoms with Gasteiger partial charge in [0.1, 0.15) is 0 Å². The van der Waals surface area contributed by atoms with Crippen LogP contribution >= 0.6 is 0 Å². The molecule has 0 radical (unpaired) electrons. The number of aliphatic hydroxyl groups excluding tert-OH is 1. The number of nitrogens with zero attached hydrogens (tertiary/aromatic N) is 2. The second-order valence-electron chi connectivity index (χ2n) is 5.65. The molecule has 5 nitrogen and oxygen atoms in total.